The van der Waals surface area contributed by atoms with Crippen LogP contribution >= 0.6 is 28.3 Å². The Morgan fingerprint density at radius 3 is 1.60 bits per heavy atom. The van der Waals surface area contributed by atoms with E-state index in [1.165, 1.54) is 100 Å². The van der Waals surface area contributed by atoms with Gasteiger partial charge >= 0.3 is 19.1 Å². The minimum absolute atomic E-state index is 0. The van der Waals surface area contributed by atoms with Crippen molar-refractivity contribution < 1.29 is 28.4 Å². The lowest BCUT2D eigenvalue weighted by molar-refractivity contribution is 0.00578. The maximum atomic E-state index is 12.0. The number of H-pyrrole nitrogens is 2. The van der Waals surface area contributed by atoms with Gasteiger partial charge in [0.25, 0.3) is 0 Å². The van der Waals surface area contributed by atoms with Gasteiger partial charge in [0.1, 0.15) is 0 Å². The van der Waals surface area contributed by atoms with E-state index in [-0.39, 0.29) is 42.7 Å². The molecule has 0 radical (unpaired) electrons. The van der Waals surface area contributed by atoms with Crippen molar-refractivity contribution in [1.82, 2.24) is 9.97 Å². The Bertz CT molecular complexity index is 2630. The Morgan fingerprint density at radius 1 is 0.646 bits per heavy atom. The minimum atomic E-state index is -0.374. The number of aromatic amines is 2. The van der Waals surface area contributed by atoms with Crippen LogP contribution < -0.4 is 16.9 Å². The first-order valence-corrected chi connectivity index (χ1v) is 23.5. The van der Waals surface area contributed by atoms with Gasteiger partial charge in [-0.1, -0.05) is 74.9 Å². The van der Waals surface area contributed by atoms with E-state index >= 15 is 0 Å². The molecule has 0 bridgehead atoms. The Hall–Kier alpha value is -4.75. The molecule has 13 heteroatoms. The topological polar surface area (TPSA) is 155 Å². The van der Waals surface area contributed by atoms with Crippen LogP contribution in [-0.2, 0) is 18.8 Å². The zero-order valence-corrected chi connectivity index (χ0v) is 41.5. The fourth-order valence-electron chi connectivity index (χ4n) is 9.50. The van der Waals surface area contributed by atoms with Crippen molar-refractivity contribution in [3.05, 3.63) is 111 Å². The van der Waals surface area contributed by atoms with Crippen LogP contribution in [0.15, 0.2) is 77.4 Å². The van der Waals surface area contributed by atoms with Gasteiger partial charge in [-0.2, -0.15) is 0 Å². The summed E-state index contributed by atoms with van der Waals surface area (Å²) in [6.07, 6.45) is 12.7. The monoisotopic (exact) mass is 966 g/mol. The molecule has 2 aliphatic carbocycles. The largest absolute Gasteiger partial charge is 0.496 e. The number of aromatic nitrogens is 2. The van der Waals surface area contributed by atoms with Crippen molar-refractivity contribution in [2.75, 3.05) is 25.7 Å². The molecule has 3 heterocycles. The summed E-state index contributed by atoms with van der Waals surface area (Å²) in [7, 11) is 2.44. The summed E-state index contributed by atoms with van der Waals surface area (Å²) in [6, 6.07) is 23.7. The molecule has 0 atom stereocenters. The zero-order valence-electron chi connectivity index (χ0n) is 39.1. The van der Waals surface area contributed by atoms with Crippen LogP contribution in [0.3, 0.4) is 0 Å². The predicted octanol–water partition coefficient (Wildman–Crippen LogP) is 12.6. The fourth-order valence-corrected chi connectivity index (χ4v) is 10.3. The molecule has 9 rings (SSSR count). The van der Waals surface area contributed by atoms with Crippen LogP contribution in [0.2, 0.25) is 0 Å². The van der Waals surface area contributed by atoms with Crippen molar-refractivity contribution in [3.63, 3.8) is 0 Å². The molecule has 3 aliphatic rings. The standard InChI is InChI=1S/C23H26N2O2.C16H18BrNO2.C13H20BNO2.ClH/c1-14-8-10-17(19(24)12-14)22-21(15-6-4-3-5-7-15)18-11-9-16(23(26)27-2)13-20(18)25-22;1-20-16(19)11-7-8-12-13(9-11)18-15(17)14(12)10-5-3-2-4-6-10;1-9-6-7-10(11(15)8-9)14-16-12(2,3)13(4,5)17-14;/h8-13,15,25H,3-7,24H2,1-2H3;7-10,18H,2-6H2,1H3;6-8H,15H2,1-5H3;1H. The minimum Gasteiger partial charge on any atom is -0.465 e. The number of methoxy groups -OCH3 is 2. The molecule has 1 aliphatic heterocycles. The molecule has 0 amide bonds. The van der Waals surface area contributed by atoms with E-state index in [0.717, 1.165) is 54.9 Å². The van der Waals surface area contributed by atoms with Crippen LogP contribution in [0.25, 0.3) is 33.1 Å². The second-order valence-electron chi connectivity index (χ2n) is 18.8. The summed E-state index contributed by atoms with van der Waals surface area (Å²) in [4.78, 5) is 30.5. The average Bonchev–Trinajstić information content (AvgIpc) is 3.89. The second-order valence-corrected chi connectivity index (χ2v) is 19.5. The van der Waals surface area contributed by atoms with Crippen LogP contribution in [-0.4, -0.2) is 54.4 Å². The summed E-state index contributed by atoms with van der Waals surface area (Å²) in [6.45, 7) is 12.2. The number of anilines is 2. The van der Waals surface area contributed by atoms with Gasteiger partial charge in [-0.05, 0) is 154 Å². The van der Waals surface area contributed by atoms with E-state index in [2.05, 4.69) is 51.0 Å². The Morgan fingerprint density at radius 2 is 1.11 bits per heavy atom. The molecule has 0 spiro atoms. The number of hydrogen-bond donors (Lipinski definition) is 4. The number of rotatable bonds is 6. The van der Waals surface area contributed by atoms with E-state index < -0.39 is 0 Å². The second kappa shape index (κ2) is 20.8. The number of nitrogens with one attached hydrogen (secondary N) is 2. The molecule has 1 saturated heterocycles. The number of carbonyl (C=O) groups is 2. The maximum absolute atomic E-state index is 12.0. The van der Waals surface area contributed by atoms with E-state index in [1.807, 2.05) is 89.2 Å². The first kappa shape index (κ1) is 49.7. The van der Waals surface area contributed by atoms with Crippen LogP contribution in [0, 0.1) is 13.8 Å². The smallest absolute Gasteiger partial charge is 0.465 e. The highest BCUT2D eigenvalue weighted by molar-refractivity contribution is 9.10. The van der Waals surface area contributed by atoms with Crippen LogP contribution in [0.1, 0.15) is 147 Å². The first-order valence-electron chi connectivity index (χ1n) is 22.7. The van der Waals surface area contributed by atoms with Crippen molar-refractivity contribution in [2.24, 2.45) is 0 Å². The van der Waals surface area contributed by atoms with Crippen molar-refractivity contribution in [2.45, 2.75) is 129 Å². The Kier molecular flexibility index (Phi) is 15.9. The summed E-state index contributed by atoms with van der Waals surface area (Å²) in [5, 5.41) is 2.40. The molecule has 2 aromatic heterocycles. The van der Waals surface area contributed by atoms with E-state index in [1.54, 1.807) is 0 Å². The number of halogens is 2. The SMILES string of the molecule is COC(=O)c1ccc2c(C3CCCCC3)c(-c3ccc(C)cc3N)[nH]c2c1.COC(=O)c1ccc2c(C3CCCCC3)c(Br)[nH]c2c1.Cc1ccc(B2OC(C)(C)C(C)(C)O2)c(N)c1.Cl. The van der Waals surface area contributed by atoms with Crippen LogP contribution in [0.4, 0.5) is 11.4 Å². The Labute approximate surface area is 399 Å². The molecular weight excluding hydrogens is 903 g/mol. The lowest BCUT2D eigenvalue weighted by Gasteiger charge is -2.32. The highest BCUT2D eigenvalue weighted by Gasteiger charge is 2.52. The van der Waals surface area contributed by atoms with Gasteiger partial charge in [-0.25, -0.2) is 9.59 Å². The number of benzene rings is 4. The molecule has 6 aromatic rings. The molecule has 65 heavy (non-hydrogen) atoms. The number of esters is 2. The highest BCUT2D eigenvalue weighted by Crippen LogP contribution is 2.44. The zero-order chi connectivity index (χ0) is 45.9. The number of hydrogen-bond acceptors (Lipinski definition) is 8. The first-order chi connectivity index (χ1) is 30.5. The molecule has 4 aromatic carbocycles. The van der Waals surface area contributed by atoms with Crippen molar-refractivity contribution >= 4 is 86.0 Å². The van der Waals surface area contributed by atoms with Crippen molar-refractivity contribution in [3.8, 4) is 11.3 Å². The van der Waals surface area contributed by atoms with Gasteiger partial charge in [-0.3, -0.25) is 0 Å². The molecule has 346 valence electrons. The van der Waals surface area contributed by atoms with Gasteiger partial charge < -0.3 is 40.2 Å². The van der Waals surface area contributed by atoms with Crippen molar-refractivity contribution in [1.29, 1.82) is 0 Å². The van der Waals surface area contributed by atoms with Gasteiger partial charge in [0, 0.05) is 44.2 Å². The third-order valence-electron chi connectivity index (χ3n) is 13.7. The molecular formula is C52H65BBrClN4O6. The maximum Gasteiger partial charge on any atom is 0.496 e. The van der Waals surface area contributed by atoms with E-state index in [9.17, 15) is 9.59 Å². The molecule has 10 nitrogen and oxygen atoms in total. The normalized spacial score (nSPS) is 17.1. The third kappa shape index (κ3) is 10.8. The summed E-state index contributed by atoms with van der Waals surface area (Å²) >= 11 is 3.65. The predicted molar refractivity (Wildman–Crippen MR) is 272 cm³/mol. The number of aryl methyl sites for hydroxylation is 2. The van der Waals surface area contributed by atoms with Gasteiger partial charge in [0.2, 0.25) is 0 Å². The number of carbonyl (C=O) groups excluding carboxylic acids is 2. The van der Waals surface area contributed by atoms with E-state index in [4.69, 9.17) is 30.2 Å². The fraction of sp³-hybridized carbons (Fsp3) is 0.423. The number of nitrogen functional groups attached to an aromatic ring is 2. The number of fused-ring (bicyclic) bond motifs is 2. The lowest BCUT2D eigenvalue weighted by atomic mass is 9.77. The molecule has 6 N–H and O–H groups in total. The molecule has 3 fully saturated rings. The lowest BCUT2D eigenvalue weighted by Crippen LogP contribution is -2.41. The Balaban J connectivity index is 0.000000165. The highest BCUT2D eigenvalue weighted by atomic mass is 79.9. The third-order valence-corrected chi connectivity index (χ3v) is 14.3. The van der Waals surface area contributed by atoms with Gasteiger partial charge in [0.05, 0.1) is 46.8 Å². The van der Waals surface area contributed by atoms with Gasteiger partial charge in [-0.15, -0.1) is 12.4 Å². The quantitative estimate of drug-likeness (QED) is 0.0731. The summed E-state index contributed by atoms with van der Waals surface area (Å²) in [5.74, 6) is 0.530. The number of ether oxygens (including phenoxy) is 2. The summed E-state index contributed by atoms with van der Waals surface area (Å²) < 4.78 is 22.7. The molecule has 2 saturated carbocycles. The average molecular weight is 968 g/mol. The van der Waals surface area contributed by atoms with Crippen LogP contribution in [0.5, 0.6) is 0 Å². The van der Waals surface area contributed by atoms with E-state index in [0.29, 0.717) is 23.0 Å². The number of nitrogens with two attached hydrogens (primary N) is 2. The van der Waals surface area contributed by atoms with Gasteiger partial charge in [0.15, 0.2) is 0 Å². The summed E-state index contributed by atoms with van der Waals surface area (Å²) in [5.41, 5.74) is 24.4. The molecule has 0 unspecified atom stereocenters.